The second-order valence-corrected chi connectivity index (χ2v) is 3.32. The molecule has 0 heterocycles. The summed E-state index contributed by atoms with van der Waals surface area (Å²) in [5, 5.41) is 3.17. The van der Waals surface area contributed by atoms with Crippen LogP contribution in [-0.4, -0.2) is 7.05 Å². The number of nitrogens with one attached hydrogen (secondary N) is 1. The van der Waals surface area contributed by atoms with Crippen LogP contribution in [0.25, 0.3) is 0 Å². The summed E-state index contributed by atoms with van der Waals surface area (Å²) in [6.07, 6.45) is 0. The predicted molar refractivity (Wildman–Crippen MR) is 53.4 cm³/mol. The lowest BCUT2D eigenvalue weighted by Gasteiger charge is -2.10. The first-order valence-corrected chi connectivity index (χ1v) is 4.37. The van der Waals surface area contributed by atoms with Crippen molar-refractivity contribution in [2.45, 2.75) is 27.3 Å². The molecule has 66 valence electrons. The molecular formula is C11H17N. The molecule has 0 atom stereocenters. The topological polar surface area (TPSA) is 12.0 Å². The zero-order chi connectivity index (χ0) is 9.14. The highest BCUT2D eigenvalue weighted by Gasteiger charge is 2.01. The maximum absolute atomic E-state index is 3.17. The number of hydrogen-bond acceptors (Lipinski definition) is 1. The van der Waals surface area contributed by atoms with Crippen LogP contribution < -0.4 is 5.32 Å². The Hall–Kier alpha value is -0.820. The number of rotatable bonds is 2. The van der Waals surface area contributed by atoms with E-state index in [-0.39, 0.29) is 0 Å². The molecule has 0 aromatic heterocycles. The second kappa shape index (κ2) is 3.72. The molecule has 0 amide bonds. The Morgan fingerprint density at radius 3 is 2.33 bits per heavy atom. The lowest BCUT2D eigenvalue weighted by atomic mass is 9.99. The van der Waals surface area contributed by atoms with Crippen molar-refractivity contribution in [3.8, 4) is 0 Å². The lowest BCUT2D eigenvalue weighted by molar-refractivity contribution is 0.810. The lowest BCUT2D eigenvalue weighted by Crippen LogP contribution is -2.07. The first kappa shape index (κ1) is 9.27. The summed E-state index contributed by atoms with van der Waals surface area (Å²) in [6, 6.07) is 4.39. The number of hydrogen-bond donors (Lipinski definition) is 1. The van der Waals surface area contributed by atoms with Crippen molar-refractivity contribution in [3.63, 3.8) is 0 Å². The first-order chi connectivity index (χ1) is 5.66. The van der Waals surface area contributed by atoms with Crippen LogP contribution in [0.1, 0.15) is 22.3 Å². The highest BCUT2D eigenvalue weighted by atomic mass is 14.8. The highest BCUT2D eigenvalue weighted by molar-refractivity contribution is 5.38. The van der Waals surface area contributed by atoms with Gasteiger partial charge in [0.1, 0.15) is 0 Å². The van der Waals surface area contributed by atoms with Crippen LogP contribution >= 0.6 is 0 Å². The summed E-state index contributed by atoms with van der Waals surface area (Å²) >= 11 is 0. The number of aryl methyl sites for hydroxylation is 1. The monoisotopic (exact) mass is 163 g/mol. The van der Waals surface area contributed by atoms with Crippen LogP contribution in [0, 0.1) is 20.8 Å². The molecular weight excluding hydrogens is 146 g/mol. The molecule has 0 aliphatic rings. The third-order valence-electron chi connectivity index (χ3n) is 2.54. The summed E-state index contributed by atoms with van der Waals surface area (Å²) in [5.41, 5.74) is 5.63. The van der Waals surface area contributed by atoms with E-state index in [9.17, 15) is 0 Å². The fourth-order valence-electron chi connectivity index (χ4n) is 1.39. The van der Waals surface area contributed by atoms with E-state index < -0.39 is 0 Å². The molecule has 0 aliphatic carbocycles. The van der Waals surface area contributed by atoms with Crippen molar-refractivity contribution >= 4 is 0 Å². The molecule has 0 fully saturated rings. The van der Waals surface area contributed by atoms with Gasteiger partial charge in [-0.05, 0) is 50.1 Å². The molecule has 12 heavy (non-hydrogen) atoms. The first-order valence-electron chi connectivity index (χ1n) is 4.37. The van der Waals surface area contributed by atoms with E-state index in [0.717, 1.165) is 6.54 Å². The van der Waals surface area contributed by atoms with Crippen LogP contribution in [0.3, 0.4) is 0 Å². The molecule has 1 aromatic rings. The van der Waals surface area contributed by atoms with Gasteiger partial charge in [0.15, 0.2) is 0 Å². The van der Waals surface area contributed by atoms with Gasteiger partial charge >= 0.3 is 0 Å². The average molecular weight is 163 g/mol. The summed E-state index contributed by atoms with van der Waals surface area (Å²) in [4.78, 5) is 0. The van der Waals surface area contributed by atoms with Crippen LogP contribution in [0.15, 0.2) is 12.1 Å². The second-order valence-electron chi connectivity index (χ2n) is 3.32. The van der Waals surface area contributed by atoms with Gasteiger partial charge in [-0.3, -0.25) is 0 Å². The van der Waals surface area contributed by atoms with Gasteiger partial charge in [0.05, 0.1) is 0 Å². The highest BCUT2D eigenvalue weighted by Crippen LogP contribution is 2.16. The van der Waals surface area contributed by atoms with E-state index in [1.165, 1.54) is 22.3 Å². The van der Waals surface area contributed by atoms with Crippen molar-refractivity contribution in [2.24, 2.45) is 0 Å². The van der Waals surface area contributed by atoms with Gasteiger partial charge in [0.25, 0.3) is 0 Å². The quantitative estimate of drug-likeness (QED) is 0.705. The van der Waals surface area contributed by atoms with Gasteiger partial charge in [-0.2, -0.15) is 0 Å². The van der Waals surface area contributed by atoms with Crippen molar-refractivity contribution in [3.05, 3.63) is 34.4 Å². The van der Waals surface area contributed by atoms with Crippen LogP contribution in [0.2, 0.25) is 0 Å². The summed E-state index contributed by atoms with van der Waals surface area (Å²) in [6.45, 7) is 7.50. The maximum atomic E-state index is 3.17. The summed E-state index contributed by atoms with van der Waals surface area (Å²) < 4.78 is 0. The minimum absolute atomic E-state index is 0.965. The molecule has 1 N–H and O–H groups in total. The summed E-state index contributed by atoms with van der Waals surface area (Å²) in [7, 11) is 1.98. The zero-order valence-electron chi connectivity index (χ0n) is 8.36. The average Bonchev–Trinajstić information content (AvgIpc) is 2.07. The van der Waals surface area contributed by atoms with E-state index in [0.29, 0.717) is 0 Å². The molecule has 0 radical (unpaired) electrons. The van der Waals surface area contributed by atoms with Gasteiger partial charge < -0.3 is 5.32 Å². The minimum Gasteiger partial charge on any atom is -0.316 e. The van der Waals surface area contributed by atoms with E-state index in [4.69, 9.17) is 0 Å². The third kappa shape index (κ3) is 1.67. The zero-order valence-corrected chi connectivity index (χ0v) is 8.36. The Morgan fingerprint density at radius 1 is 1.08 bits per heavy atom. The van der Waals surface area contributed by atoms with Crippen molar-refractivity contribution in [1.82, 2.24) is 5.32 Å². The SMILES string of the molecule is CNCc1ccc(C)c(C)c1C. The van der Waals surface area contributed by atoms with Crippen molar-refractivity contribution < 1.29 is 0 Å². The fraction of sp³-hybridized carbons (Fsp3) is 0.455. The van der Waals surface area contributed by atoms with Crippen molar-refractivity contribution in [1.29, 1.82) is 0 Å². The Bertz CT molecular complexity index is 277. The standard InChI is InChI=1S/C11H17N/c1-8-5-6-11(7-12-4)10(3)9(8)2/h5-6,12H,7H2,1-4H3. The number of benzene rings is 1. The van der Waals surface area contributed by atoms with Gasteiger partial charge in [0.2, 0.25) is 0 Å². The Labute approximate surface area is 74.8 Å². The van der Waals surface area contributed by atoms with Crippen LogP contribution in [0.5, 0.6) is 0 Å². The largest absolute Gasteiger partial charge is 0.316 e. The van der Waals surface area contributed by atoms with E-state index in [2.05, 4.69) is 38.2 Å². The Morgan fingerprint density at radius 2 is 1.75 bits per heavy atom. The fourth-order valence-corrected chi connectivity index (χ4v) is 1.39. The van der Waals surface area contributed by atoms with E-state index in [1.54, 1.807) is 0 Å². The Kier molecular flexibility index (Phi) is 2.88. The predicted octanol–water partition coefficient (Wildman–Crippen LogP) is 2.33. The smallest absolute Gasteiger partial charge is 0.0205 e. The molecule has 0 bridgehead atoms. The molecule has 0 saturated carbocycles. The van der Waals surface area contributed by atoms with Crippen molar-refractivity contribution in [2.75, 3.05) is 7.05 Å². The summed E-state index contributed by atoms with van der Waals surface area (Å²) in [5.74, 6) is 0. The molecule has 0 aliphatic heterocycles. The van der Waals surface area contributed by atoms with Crippen LogP contribution in [-0.2, 0) is 6.54 Å². The molecule has 1 nitrogen and oxygen atoms in total. The van der Waals surface area contributed by atoms with Gasteiger partial charge in [-0.25, -0.2) is 0 Å². The normalized spacial score (nSPS) is 10.3. The molecule has 1 heteroatoms. The minimum atomic E-state index is 0.965. The molecule has 0 unspecified atom stereocenters. The van der Waals surface area contributed by atoms with Gasteiger partial charge in [-0.15, -0.1) is 0 Å². The maximum Gasteiger partial charge on any atom is 0.0205 e. The molecule has 0 spiro atoms. The van der Waals surface area contributed by atoms with E-state index >= 15 is 0 Å². The van der Waals surface area contributed by atoms with Crippen LogP contribution in [0.4, 0.5) is 0 Å². The molecule has 1 aromatic carbocycles. The van der Waals surface area contributed by atoms with Gasteiger partial charge in [-0.1, -0.05) is 12.1 Å². The van der Waals surface area contributed by atoms with Gasteiger partial charge in [0, 0.05) is 6.54 Å². The third-order valence-corrected chi connectivity index (χ3v) is 2.54. The molecule has 0 saturated heterocycles. The Balaban J connectivity index is 3.08. The van der Waals surface area contributed by atoms with E-state index in [1.807, 2.05) is 7.05 Å². The molecule has 1 rings (SSSR count).